The third-order valence-electron chi connectivity index (χ3n) is 3.57. The molecule has 5 heteroatoms. The zero-order valence-corrected chi connectivity index (χ0v) is 18.9. The molecule has 1 aromatic carbocycles. The van der Waals surface area contributed by atoms with Crippen LogP contribution in [0.3, 0.4) is 0 Å². The van der Waals surface area contributed by atoms with Crippen LogP contribution in [0, 0.1) is 0 Å². The second-order valence-corrected chi connectivity index (χ2v) is 11.2. The molecule has 24 heavy (non-hydrogen) atoms. The maximum absolute atomic E-state index is 9.88. The van der Waals surface area contributed by atoms with Crippen molar-refractivity contribution in [2.75, 3.05) is 37.0 Å². The Morgan fingerprint density at radius 1 is 0.750 bits per heavy atom. The van der Waals surface area contributed by atoms with Crippen LogP contribution < -0.4 is 0 Å². The zero-order chi connectivity index (χ0) is 19.2. The minimum absolute atomic E-state index is 0.446. The van der Waals surface area contributed by atoms with Gasteiger partial charge in [-0.2, -0.15) is 17.7 Å². The molecule has 0 atom stereocenters. The summed E-state index contributed by atoms with van der Waals surface area (Å²) in [6.45, 7) is 13.7. The Morgan fingerprint density at radius 2 is 1.04 bits per heavy atom. The van der Waals surface area contributed by atoms with E-state index < -0.39 is 0 Å². The molecule has 0 aliphatic heterocycles. The van der Waals surface area contributed by atoms with Crippen LogP contribution in [0.5, 0.6) is 0 Å². The first-order chi connectivity index (χ1) is 11.6. The fraction of sp³-hybridized carbons (Fsp3) is 0.632. The van der Waals surface area contributed by atoms with E-state index in [1.165, 1.54) is 37.0 Å². The van der Waals surface area contributed by atoms with E-state index in [1.807, 2.05) is 6.07 Å². The summed E-state index contributed by atoms with van der Waals surface area (Å²) >= 11 is 2.38. The Bertz CT molecular complexity index is 308. The van der Waals surface area contributed by atoms with Crippen molar-refractivity contribution in [2.45, 2.75) is 41.5 Å². The Labute approximate surface area is 160 Å². The molecule has 145 valence electrons. The summed E-state index contributed by atoms with van der Waals surface area (Å²) in [5, 5.41) is 0. The fourth-order valence-corrected chi connectivity index (χ4v) is 4.53. The van der Waals surface area contributed by atoms with Gasteiger partial charge in [0.1, 0.15) is 0 Å². The van der Waals surface area contributed by atoms with E-state index in [2.05, 4.69) is 57.5 Å². The van der Waals surface area contributed by atoms with Gasteiger partial charge in [0.25, 0.3) is 0 Å². The first-order valence-electron chi connectivity index (χ1n) is 8.62. The van der Waals surface area contributed by atoms with Crippen molar-refractivity contribution in [3.8, 4) is 0 Å². The summed E-state index contributed by atoms with van der Waals surface area (Å²) in [4.78, 5) is 9.88. The van der Waals surface area contributed by atoms with E-state index >= 15 is 0 Å². The first kappa shape index (κ1) is 29.0. The number of hydrogen-bond donors (Lipinski definition) is 0. The molecular weight excluding hydrogens is 384 g/mol. The zero-order valence-electron chi connectivity index (χ0n) is 16.1. The standard InChI is InChI=1S/C7H5O.2C6H15P.FH.Ni/c8-6-7-4-2-1-3-5-7;2*1-4-7(5-2)6-3;;/h1-5H;2*4-6H2,1-3H3;1H;/q-1;;;;+1/p-1. The van der Waals surface area contributed by atoms with Crippen molar-refractivity contribution in [1.29, 1.82) is 0 Å². The molecule has 0 N–H and O–H groups in total. The van der Waals surface area contributed by atoms with E-state index in [1.54, 1.807) is 30.6 Å². The van der Waals surface area contributed by atoms with Crippen molar-refractivity contribution < 1.29 is 24.3 Å². The Hall–Kier alpha value is 0.174. The van der Waals surface area contributed by atoms with E-state index in [-0.39, 0.29) is 0 Å². The molecule has 0 amide bonds. The van der Waals surface area contributed by atoms with Crippen LogP contribution >= 0.6 is 15.8 Å². The van der Waals surface area contributed by atoms with Crippen LogP contribution in [0.4, 0.5) is 3.61 Å². The fourth-order valence-electron chi connectivity index (χ4n) is 1.85. The van der Waals surface area contributed by atoms with Gasteiger partial charge in [0, 0.05) is 0 Å². The normalized spacial score (nSPS) is 9.12. The van der Waals surface area contributed by atoms with Crippen molar-refractivity contribution in [2.24, 2.45) is 0 Å². The van der Waals surface area contributed by atoms with Gasteiger partial charge in [-0.25, -0.2) is 0 Å². The number of halogens is 1. The molecule has 0 radical (unpaired) electrons. The van der Waals surface area contributed by atoms with Crippen LogP contribution in [-0.2, 0) is 20.7 Å². The minimum atomic E-state index is 0.446. The average molecular weight is 419 g/mol. The number of carbonyl (C=O) groups excluding carboxylic acids is 1. The summed E-state index contributed by atoms with van der Waals surface area (Å²) in [5.41, 5.74) is 0.604. The van der Waals surface area contributed by atoms with Gasteiger partial charge in [-0.15, -0.1) is 28.0 Å². The molecule has 0 aromatic heterocycles. The number of hydrogen-bond acceptors (Lipinski definition) is 1. The molecule has 0 heterocycles. The van der Waals surface area contributed by atoms with Crippen LogP contribution in [0.1, 0.15) is 47.1 Å². The van der Waals surface area contributed by atoms with Gasteiger partial charge in [-0.05, 0) is 37.0 Å². The van der Waals surface area contributed by atoms with Crippen molar-refractivity contribution in [1.82, 2.24) is 0 Å². The predicted molar refractivity (Wildman–Crippen MR) is 109 cm³/mol. The quantitative estimate of drug-likeness (QED) is 0.276. The third kappa shape index (κ3) is 20.2. The summed E-state index contributed by atoms with van der Waals surface area (Å²) in [7, 11) is 0.892. The number of benzene rings is 1. The first-order valence-corrected chi connectivity index (χ1v) is 12.8. The molecule has 0 saturated carbocycles. The molecular formula is C19H35FNiOP2-. The van der Waals surface area contributed by atoms with Gasteiger partial charge in [0.15, 0.2) is 0 Å². The average Bonchev–Trinajstić information content (AvgIpc) is 2.68. The van der Waals surface area contributed by atoms with Gasteiger partial charge < -0.3 is 4.79 Å². The van der Waals surface area contributed by atoms with Crippen LogP contribution in [-0.4, -0.2) is 43.3 Å². The molecule has 1 rings (SSSR count). The van der Waals surface area contributed by atoms with Crippen molar-refractivity contribution >= 4 is 22.1 Å². The molecule has 0 aliphatic carbocycles. The SMILES string of the molecule is CCP(CC)CC.CCP(CC)CC.O=[C-]c1ccccc1.[F][Ni]. The second kappa shape index (κ2) is 25.4. The molecule has 1 nitrogen and oxygen atoms in total. The van der Waals surface area contributed by atoms with Crippen LogP contribution in [0.25, 0.3) is 0 Å². The molecule has 0 aliphatic rings. The molecule has 0 unspecified atom stereocenters. The molecule has 1 aromatic rings. The number of rotatable bonds is 7. The Kier molecular flexibility index (Phi) is 30.7. The van der Waals surface area contributed by atoms with Gasteiger partial charge in [-0.1, -0.05) is 47.6 Å². The summed E-state index contributed by atoms with van der Waals surface area (Å²) in [5.74, 6) is 0. The third-order valence-corrected chi connectivity index (χ3v) is 8.94. The summed E-state index contributed by atoms with van der Waals surface area (Å²) in [6, 6.07) is 8.90. The van der Waals surface area contributed by atoms with Gasteiger partial charge >= 0.3 is 19.5 Å². The van der Waals surface area contributed by atoms with Gasteiger partial charge in [0.2, 0.25) is 0 Å². The van der Waals surface area contributed by atoms with Gasteiger partial charge in [-0.3, -0.25) is 0 Å². The molecule has 0 bridgehead atoms. The molecule has 0 fully saturated rings. The predicted octanol–water partition coefficient (Wildman–Crippen LogP) is 6.62. The molecule has 0 spiro atoms. The van der Waals surface area contributed by atoms with E-state index in [0.29, 0.717) is 21.4 Å². The summed E-state index contributed by atoms with van der Waals surface area (Å²) in [6.07, 6.45) is 10.3. The Morgan fingerprint density at radius 3 is 1.17 bits per heavy atom. The van der Waals surface area contributed by atoms with E-state index in [0.717, 1.165) is 0 Å². The van der Waals surface area contributed by atoms with Crippen LogP contribution in [0.2, 0.25) is 0 Å². The van der Waals surface area contributed by atoms with Crippen LogP contribution in [0.15, 0.2) is 30.3 Å². The maximum atomic E-state index is 9.88. The van der Waals surface area contributed by atoms with Gasteiger partial charge in [0.05, 0.1) is 6.29 Å². The van der Waals surface area contributed by atoms with Crippen molar-refractivity contribution in [3.05, 3.63) is 35.9 Å². The van der Waals surface area contributed by atoms with E-state index in [4.69, 9.17) is 3.61 Å². The Balaban J connectivity index is -0.000000263. The topological polar surface area (TPSA) is 17.1 Å². The second-order valence-electron chi connectivity index (χ2n) is 4.71. The molecule has 0 saturated heterocycles. The van der Waals surface area contributed by atoms with Crippen molar-refractivity contribution in [3.63, 3.8) is 0 Å². The summed E-state index contributed by atoms with van der Waals surface area (Å²) < 4.78 is 9.12. The van der Waals surface area contributed by atoms with E-state index in [9.17, 15) is 4.79 Å². The monoisotopic (exact) mass is 418 g/mol.